The lowest BCUT2D eigenvalue weighted by Gasteiger charge is -2.36. The Morgan fingerprint density at radius 3 is 2.48 bits per heavy atom. The fourth-order valence-corrected chi connectivity index (χ4v) is 3.18. The van der Waals surface area contributed by atoms with Crippen molar-refractivity contribution in [3.05, 3.63) is 53.6 Å². The number of nitrogens with zero attached hydrogens (tertiary/aromatic N) is 1. The van der Waals surface area contributed by atoms with E-state index in [1.54, 1.807) is 6.92 Å². The van der Waals surface area contributed by atoms with E-state index in [1.165, 1.54) is 5.56 Å². The molecule has 0 unspecified atom stereocenters. The zero-order valence-corrected chi connectivity index (χ0v) is 16.5. The van der Waals surface area contributed by atoms with Crippen molar-refractivity contribution < 1.29 is 19.0 Å². The minimum Gasteiger partial charge on any atom is -0.507 e. The molecule has 2 heterocycles. The Labute approximate surface area is 161 Å². The molecular weight excluding hydrogens is 342 g/mol. The molecule has 1 saturated heterocycles. The highest BCUT2D eigenvalue weighted by molar-refractivity contribution is 5.54. The van der Waals surface area contributed by atoms with Crippen molar-refractivity contribution in [2.24, 2.45) is 5.92 Å². The molecule has 1 aromatic carbocycles. The van der Waals surface area contributed by atoms with E-state index in [9.17, 15) is 5.11 Å². The zero-order valence-electron chi connectivity index (χ0n) is 16.5. The first-order valence-corrected chi connectivity index (χ1v) is 9.57. The molecule has 146 valence electrons. The average molecular weight is 371 g/mol. The van der Waals surface area contributed by atoms with E-state index in [4.69, 9.17) is 13.9 Å². The fourth-order valence-electron chi connectivity index (χ4n) is 3.18. The van der Waals surface area contributed by atoms with Crippen molar-refractivity contribution in [3.63, 3.8) is 0 Å². The molecule has 3 rings (SSSR count). The van der Waals surface area contributed by atoms with E-state index in [-0.39, 0.29) is 5.76 Å². The van der Waals surface area contributed by atoms with Crippen LogP contribution in [0.5, 0.6) is 0 Å². The summed E-state index contributed by atoms with van der Waals surface area (Å²) in [5.74, 6) is 0.804. The molecule has 0 saturated carbocycles. The van der Waals surface area contributed by atoms with Crippen LogP contribution in [-0.4, -0.2) is 29.1 Å². The van der Waals surface area contributed by atoms with Gasteiger partial charge in [0.15, 0.2) is 0 Å². The molecule has 0 spiro atoms. The molecule has 27 heavy (non-hydrogen) atoms. The summed E-state index contributed by atoms with van der Waals surface area (Å²) in [6.07, 6.45) is 4.04. The van der Waals surface area contributed by atoms with Gasteiger partial charge in [0.2, 0.25) is 11.7 Å². The summed E-state index contributed by atoms with van der Waals surface area (Å²) in [6, 6.07) is 8.23. The second-order valence-electron chi connectivity index (χ2n) is 7.51. The third-order valence-corrected chi connectivity index (χ3v) is 5.18. The molecule has 1 aliphatic heterocycles. The van der Waals surface area contributed by atoms with E-state index in [0.717, 1.165) is 42.7 Å². The summed E-state index contributed by atoms with van der Waals surface area (Å²) in [4.78, 5) is 4.68. The van der Waals surface area contributed by atoms with Crippen molar-refractivity contribution in [2.45, 2.75) is 52.2 Å². The minimum atomic E-state index is -1.05. The van der Waals surface area contributed by atoms with Crippen LogP contribution in [0.25, 0.3) is 11.5 Å². The van der Waals surface area contributed by atoms with Crippen LogP contribution in [-0.2, 0) is 15.9 Å². The van der Waals surface area contributed by atoms with Crippen LogP contribution in [0.4, 0.5) is 0 Å². The Morgan fingerprint density at radius 1 is 1.19 bits per heavy atom. The number of hydrogen-bond donors (Lipinski definition) is 1. The topological polar surface area (TPSA) is 64.7 Å². The number of unbranched alkanes of at least 4 members (excludes halogenated alkanes) is 1. The number of aryl methyl sites for hydroxylation is 3. The summed E-state index contributed by atoms with van der Waals surface area (Å²) in [5.41, 5.74) is 3.27. The first kappa shape index (κ1) is 19.6. The van der Waals surface area contributed by atoms with Gasteiger partial charge < -0.3 is 19.0 Å². The predicted octanol–water partition coefficient (Wildman–Crippen LogP) is 5.12. The van der Waals surface area contributed by atoms with E-state index < -0.39 is 5.79 Å². The van der Waals surface area contributed by atoms with Crippen LogP contribution in [0.15, 0.2) is 41.0 Å². The van der Waals surface area contributed by atoms with Gasteiger partial charge in [0.25, 0.3) is 0 Å². The molecule has 5 heteroatoms. The zero-order chi connectivity index (χ0) is 19.4. The number of aliphatic hydroxyl groups excluding tert-OH is 1. The van der Waals surface area contributed by atoms with E-state index in [2.05, 4.69) is 30.6 Å². The van der Waals surface area contributed by atoms with Gasteiger partial charge in [-0.05, 0) is 52.2 Å². The predicted molar refractivity (Wildman–Crippen MR) is 105 cm³/mol. The Balaban J connectivity index is 1.45. The third kappa shape index (κ3) is 4.79. The molecule has 1 aliphatic rings. The van der Waals surface area contributed by atoms with Gasteiger partial charge in [-0.3, -0.25) is 0 Å². The van der Waals surface area contributed by atoms with E-state index in [1.807, 2.05) is 19.1 Å². The van der Waals surface area contributed by atoms with Crippen molar-refractivity contribution in [1.29, 1.82) is 0 Å². The summed E-state index contributed by atoms with van der Waals surface area (Å²) < 4.78 is 17.1. The van der Waals surface area contributed by atoms with Crippen LogP contribution in [0, 0.1) is 19.8 Å². The fraction of sp³-hybridized carbons (Fsp3) is 0.500. The maximum atomic E-state index is 9.53. The van der Waals surface area contributed by atoms with Gasteiger partial charge in [-0.15, -0.1) is 0 Å². The highest BCUT2D eigenvalue weighted by Gasteiger charge is 2.35. The highest BCUT2D eigenvalue weighted by Crippen LogP contribution is 2.28. The van der Waals surface area contributed by atoms with E-state index in [0.29, 0.717) is 25.0 Å². The molecule has 0 aliphatic carbocycles. The summed E-state index contributed by atoms with van der Waals surface area (Å²) >= 11 is 0. The lowest BCUT2D eigenvalue weighted by atomic mass is 10.0. The highest BCUT2D eigenvalue weighted by atomic mass is 16.7. The van der Waals surface area contributed by atoms with Crippen molar-refractivity contribution >= 4 is 0 Å². The molecule has 1 N–H and O–H groups in total. The molecule has 0 bridgehead atoms. The van der Waals surface area contributed by atoms with Gasteiger partial charge >= 0.3 is 0 Å². The normalized spacial score (nSPS) is 22.7. The summed E-state index contributed by atoms with van der Waals surface area (Å²) in [5, 5.41) is 9.53. The molecule has 0 atom stereocenters. The number of benzene rings is 1. The van der Waals surface area contributed by atoms with E-state index >= 15 is 0 Å². The molecule has 0 radical (unpaired) electrons. The first-order chi connectivity index (χ1) is 12.9. The Hall–Kier alpha value is -2.11. The minimum absolute atomic E-state index is 0.0770. The first-order valence-electron chi connectivity index (χ1n) is 9.57. The second kappa shape index (κ2) is 8.28. The molecule has 1 fully saturated rings. The Kier molecular flexibility index (Phi) is 6.02. The lowest BCUT2D eigenvalue weighted by molar-refractivity contribution is -0.264. The largest absolute Gasteiger partial charge is 0.507 e. The van der Waals surface area contributed by atoms with Crippen LogP contribution in [0.1, 0.15) is 43.2 Å². The Morgan fingerprint density at radius 2 is 1.85 bits per heavy atom. The maximum Gasteiger partial charge on any atom is 0.226 e. The molecular formula is C22H29NO4. The molecule has 1 aromatic heterocycles. The van der Waals surface area contributed by atoms with Crippen LogP contribution in [0.3, 0.4) is 0 Å². The van der Waals surface area contributed by atoms with Crippen LogP contribution < -0.4 is 0 Å². The quantitative estimate of drug-likeness (QED) is 0.540. The third-order valence-electron chi connectivity index (χ3n) is 5.18. The van der Waals surface area contributed by atoms with Gasteiger partial charge in [0, 0.05) is 11.5 Å². The number of aromatic nitrogens is 1. The van der Waals surface area contributed by atoms with Gasteiger partial charge in [-0.25, -0.2) is 4.98 Å². The van der Waals surface area contributed by atoms with Crippen molar-refractivity contribution in [1.82, 2.24) is 4.98 Å². The van der Waals surface area contributed by atoms with Gasteiger partial charge in [0.1, 0.15) is 11.5 Å². The summed E-state index contributed by atoms with van der Waals surface area (Å²) in [6.45, 7) is 10.4. The van der Waals surface area contributed by atoms with Gasteiger partial charge in [-0.1, -0.05) is 30.7 Å². The molecule has 0 amide bonds. The maximum absolute atomic E-state index is 9.53. The molecule has 2 aromatic rings. The monoisotopic (exact) mass is 371 g/mol. The second-order valence-corrected chi connectivity index (χ2v) is 7.51. The van der Waals surface area contributed by atoms with Crippen molar-refractivity contribution in [3.8, 4) is 11.5 Å². The van der Waals surface area contributed by atoms with Gasteiger partial charge in [0.05, 0.1) is 18.9 Å². The summed E-state index contributed by atoms with van der Waals surface area (Å²) in [7, 11) is 0. The number of oxazole rings is 1. The average Bonchev–Trinajstić information content (AvgIpc) is 3.01. The van der Waals surface area contributed by atoms with Gasteiger partial charge in [-0.2, -0.15) is 0 Å². The number of hydrogen-bond acceptors (Lipinski definition) is 5. The van der Waals surface area contributed by atoms with Crippen molar-refractivity contribution in [2.75, 3.05) is 13.2 Å². The standard InChI is InChI=1S/C22H29NO4/c1-15-9-11-19(12-10-15)21-23-20(16(2)27-21)8-6-5-7-18-13-25-22(4,17(3)24)26-14-18/h9-12,18,24H,3,5-8,13-14H2,1-2,4H3/t18-,22+. The Bertz CT molecular complexity index is 770. The smallest absolute Gasteiger partial charge is 0.226 e. The number of ether oxygens (including phenoxy) is 2. The lowest BCUT2D eigenvalue weighted by Crippen LogP contribution is -2.43. The number of aliphatic hydroxyl groups is 1. The van der Waals surface area contributed by atoms with Crippen LogP contribution in [0.2, 0.25) is 0 Å². The number of rotatable bonds is 7. The molecule has 5 nitrogen and oxygen atoms in total. The van der Waals surface area contributed by atoms with Crippen LogP contribution >= 0.6 is 0 Å². The SMILES string of the molecule is C=C(O)[C@]1(C)OC[C@H](CCCCc2nc(-c3ccc(C)cc3)oc2C)CO1.